The second kappa shape index (κ2) is 10.6. The van der Waals surface area contributed by atoms with Crippen molar-refractivity contribution >= 4 is 15.9 Å². The zero-order valence-corrected chi connectivity index (χ0v) is 19.6. The minimum absolute atomic E-state index is 0.000291. The van der Waals surface area contributed by atoms with Gasteiger partial charge in [-0.3, -0.25) is 4.79 Å². The molecule has 0 aliphatic carbocycles. The SMILES string of the molecule is COc1ccc(C)cc1S(=O)(=O)N(CC(=O)N[C@H](C)c1ccc(F)cc1)Cc1ccccc1. The Hall–Kier alpha value is -3.23. The van der Waals surface area contributed by atoms with E-state index in [9.17, 15) is 17.6 Å². The number of halogens is 1. The van der Waals surface area contributed by atoms with Gasteiger partial charge in [-0.2, -0.15) is 4.31 Å². The second-order valence-electron chi connectivity index (χ2n) is 7.75. The fourth-order valence-electron chi connectivity index (χ4n) is 3.42. The van der Waals surface area contributed by atoms with Crippen molar-refractivity contribution in [1.29, 1.82) is 0 Å². The van der Waals surface area contributed by atoms with E-state index in [-0.39, 0.29) is 29.6 Å². The first kappa shape index (κ1) is 24.4. The van der Waals surface area contributed by atoms with Crippen molar-refractivity contribution in [2.75, 3.05) is 13.7 Å². The standard InChI is InChI=1S/C25H27FN2O4S/c1-18-9-14-23(32-3)24(15-18)33(30,31)28(16-20-7-5-4-6-8-20)17-25(29)27-19(2)21-10-12-22(26)13-11-21/h4-15,19H,16-17H2,1-3H3,(H,27,29)/t19-/m1/s1. The fourth-order valence-corrected chi connectivity index (χ4v) is 5.04. The first-order valence-electron chi connectivity index (χ1n) is 10.4. The minimum atomic E-state index is -4.07. The lowest BCUT2D eigenvalue weighted by Crippen LogP contribution is -2.41. The van der Waals surface area contributed by atoms with Crippen LogP contribution in [0.15, 0.2) is 77.7 Å². The van der Waals surface area contributed by atoms with Gasteiger partial charge in [-0.25, -0.2) is 12.8 Å². The van der Waals surface area contributed by atoms with Crippen molar-refractivity contribution in [3.63, 3.8) is 0 Å². The molecule has 3 rings (SSSR count). The van der Waals surface area contributed by atoms with Gasteiger partial charge in [0.25, 0.3) is 0 Å². The van der Waals surface area contributed by atoms with Gasteiger partial charge in [0.15, 0.2) is 0 Å². The number of amides is 1. The third kappa shape index (κ3) is 6.18. The molecule has 3 aromatic rings. The number of aryl methyl sites for hydroxylation is 1. The van der Waals surface area contributed by atoms with Gasteiger partial charge >= 0.3 is 0 Å². The number of ether oxygens (including phenoxy) is 1. The molecule has 0 saturated heterocycles. The smallest absolute Gasteiger partial charge is 0.247 e. The molecule has 3 aromatic carbocycles. The van der Waals surface area contributed by atoms with E-state index in [1.54, 1.807) is 50.2 Å². The number of carbonyl (C=O) groups excluding carboxylic acids is 1. The Morgan fingerprint density at radius 2 is 1.73 bits per heavy atom. The molecule has 1 N–H and O–H groups in total. The highest BCUT2D eigenvalue weighted by atomic mass is 32.2. The first-order chi connectivity index (χ1) is 15.7. The van der Waals surface area contributed by atoms with Crippen molar-refractivity contribution in [2.45, 2.75) is 31.3 Å². The van der Waals surface area contributed by atoms with Crippen LogP contribution in [0.3, 0.4) is 0 Å². The molecule has 0 fully saturated rings. The van der Waals surface area contributed by atoms with E-state index in [0.29, 0.717) is 5.56 Å². The molecule has 1 amide bonds. The Kier molecular flexibility index (Phi) is 7.84. The molecule has 0 bridgehead atoms. The lowest BCUT2D eigenvalue weighted by atomic mass is 10.1. The molecule has 0 aliphatic heterocycles. The highest BCUT2D eigenvalue weighted by molar-refractivity contribution is 7.89. The van der Waals surface area contributed by atoms with Crippen molar-refractivity contribution in [3.05, 3.63) is 95.3 Å². The van der Waals surface area contributed by atoms with Crippen LogP contribution < -0.4 is 10.1 Å². The Labute approximate surface area is 194 Å². The zero-order chi connectivity index (χ0) is 24.0. The van der Waals surface area contributed by atoms with Gasteiger partial charge in [-0.05, 0) is 54.8 Å². The first-order valence-corrected chi connectivity index (χ1v) is 11.9. The summed E-state index contributed by atoms with van der Waals surface area (Å²) in [7, 11) is -2.66. The summed E-state index contributed by atoms with van der Waals surface area (Å²) >= 11 is 0. The monoisotopic (exact) mass is 470 g/mol. The number of sulfonamides is 1. The van der Waals surface area contributed by atoms with E-state index in [0.717, 1.165) is 15.4 Å². The summed E-state index contributed by atoms with van der Waals surface area (Å²) in [5.41, 5.74) is 2.21. The van der Waals surface area contributed by atoms with E-state index in [1.807, 2.05) is 18.2 Å². The van der Waals surface area contributed by atoms with Crippen LogP contribution in [0.5, 0.6) is 5.75 Å². The van der Waals surface area contributed by atoms with Gasteiger partial charge in [0.2, 0.25) is 15.9 Å². The Balaban J connectivity index is 1.89. The highest BCUT2D eigenvalue weighted by Crippen LogP contribution is 2.28. The maximum atomic E-state index is 13.6. The third-order valence-corrected chi connectivity index (χ3v) is 7.02. The van der Waals surface area contributed by atoms with Crippen LogP contribution in [0, 0.1) is 12.7 Å². The lowest BCUT2D eigenvalue weighted by Gasteiger charge is -2.24. The summed E-state index contributed by atoms with van der Waals surface area (Å²) in [6, 6.07) is 19.3. The molecule has 0 unspecified atom stereocenters. The molecule has 174 valence electrons. The predicted molar refractivity (Wildman–Crippen MR) is 125 cm³/mol. The average molecular weight is 471 g/mol. The van der Waals surface area contributed by atoms with Gasteiger partial charge in [0.1, 0.15) is 16.5 Å². The number of carbonyl (C=O) groups is 1. The number of nitrogens with zero attached hydrogens (tertiary/aromatic N) is 1. The van der Waals surface area contributed by atoms with Gasteiger partial charge in [-0.1, -0.05) is 48.5 Å². The molecule has 33 heavy (non-hydrogen) atoms. The molecular weight excluding hydrogens is 443 g/mol. The van der Waals surface area contributed by atoms with Crippen LogP contribution in [0.4, 0.5) is 4.39 Å². The molecular formula is C25H27FN2O4S. The van der Waals surface area contributed by atoms with Crippen LogP contribution in [0.25, 0.3) is 0 Å². The predicted octanol–water partition coefficient (Wildman–Crippen LogP) is 4.21. The molecule has 1 atom stereocenters. The number of hydrogen-bond donors (Lipinski definition) is 1. The summed E-state index contributed by atoms with van der Waals surface area (Å²) in [5, 5.41) is 2.80. The lowest BCUT2D eigenvalue weighted by molar-refractivity contribution is -0.122. The van der Waals surface area contributed by atoms with Crippen LogP contribution in [-0.2, 0) is 21.4 Å². The van der Waals surface area contributed by atoms with Crippen LogP contribution in [-0.4, -0.2) is 32.3 Å². The van der Waals surface area contributed by atoms with E-state index >= 15 is 0 Å². The molecule has 0 spiro atoms. The molecule has 6 nitrogen and oxygen atoms in total. The van der Waals surface area contributed by atoms with Gasteiger partial charge in [0.05, 0.1) is 19.7 Å². The quantitative estimate of drug-likeness (QED) is 0.508. The Morgan fingerprint density at radius 1 is 1.06 bits per heavy atom. The van der Waals surface area contributed by atoms with Gasteiger partial charge in [-0.15, -0.1) is 0 Å². The number of methoxy groups -OCH3 is 1. The van der Waals surface area contributed by atoms with E-state index in [4.69, 9.17) is 4.74 Å². The topological polar surface area (TPSA) is 75.7 Å². The maximum Gasteiger partial charge on any atom is 0.247 e. The normalized spacial score (nSPS) is 12.4. The zero-order valence-electron chi connectivity index (χ0n) is 18.8. The molecule has 0 aromatic heterocycles. The minimum Gasteiger partial charge on any atom is -0.495 e. The van der Waals surface area contributed by atoms with Crippen LogP contribution >= 0.6 is 0 Å². The van der Waals surface area contributed by atoms with E-state index < -0.39 is 22.0 Å². The number of nitrogens with one attached hydrogen (secondary N) is 1. The molecule has 0 aliphatic rings. The van der Waals surface area contributed by atoms with Gasteiger partial charge < -0.3 is 10.1 Å². The molecule has 0 saturated carbocycles. The van der Waals surface area contributed by atoms with Gasteiger partial charge in [0, 0.05) is 6.54 Å². The average Bonchev–Trinajstić information content (AvgIpc) is 2.79. The third-order valence-electron chi connectivity index (χ3n) is 5.21. The van der Waals surface area contributed by atoms with Crippen LogP contribution in [0.2, 0.25) is 0 Å². The number of benzene rings is 3. The maximum absolute atomic E-state index is 13.6. The highest BCUT2D eigenvalue weighted by Gasteiger charge is 2.30. The van der Waals surface area contributed by atoms with E-state index in [2.05, 4.69) is 5.32 Å². The summed E-state index contributed by atoms with van der Waals surface area (Å²) in [5.74, 6) is -0.638. The van der Waals surface area contributed by atoms with Crippen molar-refractivity contribution in [1.82, 2.24) is 9.62 Å². The Bertz CT molecular complexity index is 1200. The van der Waals surface area contributed by atoms with E-state index in [1.165, 1.54) is 25.3 Å². The summed E-state index contributed by atoms with van der Waals surface area (Å²) < 4.78 is 46.9. The van der Waals surface area contributed by atoms with Crippen LogP contribution in [0.1, 0.15) is 29.7 Å². The largest absolute Gasteiger partial charge is 0.495 e. The molecule has 0 heterocycles. The Morgan fingerprint density at radius 3 is 2.36 bits per heavy atom. The van der Waals surface area contributed by atoms with Crippen molar-refractivity contribution < 1.29 is 22.3 Å². The fraction of sp³-hybridized carbons (Fsp3) is 0.240. The second-order valence-corrected chi connectivity index (χ2v) is 9.66. The summed E-state index contributed by atoms with van der Waals surface area (Å²) in [4.78, 5) is 12.9. The van der Waals surface area contributed by atoms with Crippen molar-refractivity contribution in [3.8, 4) is 5.75 Å². The summed E-state index contributed by atoms with van der Waals surface area (Å²) in [6.45, 7) is 3.17. The number of rotatable bonds is 9. The molecule has 0 radical (unpaired) electrons. The molecule has 8 heteroatoms. The number of hydrogen-bond acceptors (Lipinski definition) is 4. The summed E-state index contributed by atoms with van der Waals surface area (Å²) in [6.07, 6.45) is 0. The van der Waals surface area contributed by atoms with Crippen molar-refractivity contribution in [2.24, 2.45) is 0 Å².